The van der Waals surface area contributed by atoms with Crippen LogP contribution >= 0.6 is 0 Å². The topological polar surface area (TPSA) is 120 Å². The predicted octanol–water partition coefficient (Wildman–Crippen LogP) is 3.02. The first-order valence-corrected chi connectivity index (χ1v) is 13.9. The Labute approximate surface area is 204 Å². The number of carbonyl (C=O) groups is 1. The van der Waals surface area contributed by atoms with Crippen molar-refractivity contribution < 1.29 is 22.2 Å². The summed E-state index contributed by atoms with van der Waals surface area (Å²) in [5.41, 5.74) is 2.99. The van der Waals surface area contributed by atoms with E-state index in [1.54, 1.807) is 25.3 Å². The monoisotopic (exact) mass is 511 g/mol. The van der Waals surface area contributed by atoms with Crippen LogP contribution in [0.3, 0.4) is 0 Å². The van der Waals surface area contributed by atoms with Gasteiger partial charge in [0, 0.05) is 35.8 Å². The number of hydrogen-bond acceptors (Lipinski definition) is 5. The van der Waals surface area contributed by atoms with Crippen LogP contribution in [0, 0.1) is 0 Å². The predicted molar refractivity (Wildman–Crippen MR) is 138 cm³/mol. The molecule has 0 spiro atoms. The highest BCUT2D eigenvalue weighted by Gasteiger charge is 2.24. The Kier molecular flexibility index (Phi) is 6.82. The summed E-state index contributed by atoms with van der Waals surface area (Å²) in [5.74, 6) is 2.54. The molecular weight excluding hydrogens is 486 g/mol. The molecule has 1 unspecified atom stereocenters. The van der Waals surface area contributed by atoms with Crippen LogP contribution < -0.4 is 9.86 Å². The minimum Gasteiger partial charge on any atom is -0.383 e. The van der Waals surface area contributed by atoms with Gasteiger partial charge in [-0.25, -0.2) is 17.3 Å². The molecule has 0 saturated carbocycles. The van der Waals surface area contributed by atoms with E-state index in [-0.39, 0.29) is 15.4 Å². The summed E-state index contributed by atoms with van der Waals surface area (Å²) < 4.78 is 47.6. The molecule has 35 heavy (non-hydrogen) atoms. The molecule has 0 bridgehead atoms. The Bertz CT molecular complexity index is 1610. The summed E-state index contributed by atoms with van der Waals surface area (Å²) in [6.45, 7) is 1.10. The molecule has 8 nitrogen and oxygen atoms in total. The van der Waals surface area contributed by atoms with Gasteiger partial charge in [-0.3, -0.25) is 9.93 Å². The number of aromatic nitrogens is 1. The van der Waals surface area contributed by atoms with E-state index >= 15 is 0 Å². The van der Waals surface area contributed by atoms with Gasteiger partial charge in [-0.05, 0) is 47.8 Å². The Morgan fingerprint density at radius 1 is 0.971 bits per heavy atom. The molecule has 1 aromatic heterocycles. The van der Waals surface area contributed by atoms with Crippen molar-refractivity contribution in [3.8, 4) is 11.3 Å². The summed E-state index contributed by atoms with van der Waals surface area (Å²) in [4.78, 5) is 12.4. The van der Waals surface area contributed by atoms with E-state index in [2.05, 4.69) is 15.2 Å². The second-order valence-corrected chi connectivity index (χ2v) is 11.5. The lowest BCUT2D eigenvalue weighted by molar-refractivity contribution is 0.0981. The third kappa shape index (κ3) is 5.15. The van der Waals surface area contributed by atoms with Crippen molar-refractivity contribution in [1.29, 1.82) is 0 Å². The minimum absolute atomic E-state index is 0.154. The minimum atomic E-state index is -4.35. The summed E-state index contributed by atoms with van der Waals surface area (Å²) in [6, 6.07) is 22.2. The molecule has 0 saturated heterocycles. The number of nitrogens with two attached hydrogens (primary N) is 1. The van der Waals surface area contributed by atoms with Gasteiger partial charge in [-0.15, -0.1) is 0 Å². The summed E-state index contributed by atoms with van der Waals surface area (Å²) in [5, 5.41) is 6.36. The summed E-state index contributed by atoms with van der Waals surface area (Å²) >= 11 is 0. The van der Waals surface area contributed by atoms with Crippen LogP contribution in [0.4, 0.5) is 0 Å². The van der Waals surface area contributed by atoms with E-state index < -0.39 is 25.6 Å². The molecule has 1 heterocycles. The molecule has 0 aliphatic carbocycles. The maximum Gasteiger partial charge on any atom is 0.265 e. The maximum atomic E-state index is 12.9. The molecule has 3 aromatic carbocycles. The highest BCUT2D eigenvalue weighted by atomic mass is 32.2. The first kappa shape index (κ1) is 24.7. The molecule has 0 aliphatic rings. The van der Waals surface area contributed by atoms with Crippen LogP contribution in [0.1, 0.15) is 10.4 Å². The number of hydrogen-bond donors (Lipinski definition) is 2. The molecule has 10 heteroatoms. The number of carbonyl (C=O) groups excluding carboxylic acids is 1. The normalized spacial score (nSPS) is 13.4. The maximum absolute atomic E-state index is 12.9. The molecule has 1 atom stereocenters. The van der Waals surface area contributed by atoms with Gasteiger partial charge in [-0.1, -0.05) is 42.5 Å². The first-order valence-electron chi connectivity index (χ1n) is 10.6. The fraction of sp³-hybridized carbons (Fsp3) is 0.120. The van der Waals surface area contributed by atoms with Crippen molar-refractivity contribution in [3.05, 3.63) is 84.4 Å². The fourth-order valence-corrected chi connectivity index (χ4v) is 6.41. The number of methoxy groups -OCH3 is 1. The number of fused-ring (bicyclic) bond motifs is 1. The Morgan fingerprint density at radius 3 is 2.29 bits per heavy atom. The first-order chi connectivity index (χ1) is 16.6. The van der Waals surface area contributed by atoms with E-state index in [0.717, 1.165) is 22.2 Å². The van der Waals surface area contributed by atoms with Crippen molar-refractivity contribution in [2.45, 2.75) is 16.3 Å². The van der Waals surface area contributed by atoms with Crippen LogP contribution in [0.25, 0.3) is 22.2 Å². The number of nitrogens with zero attached hydrogens (tertiary/aromatic N) is 1. The van der Waals surface area contributed by atoms with Gasteiger partial charge < -0.3 is 9.30 Å². The summed E-state index contributed by atoms with van der Waals surface area (Å²) in [6.07, 6.45) is 0. The Balaban J connectivity index is 1.71. The number of sulfonamides is 1. The van der Waals surface area contributed by atoms with Crippen molar-refractivity contribution in [3.63, 3.8) is 0 Å². The van der Waals surface area contributed by atoms with Crippen LogP contribution in [0.5, 0.6) is 0 Å². The van der Waals surface area contributed by atoms with Crippen molar-refractivity contribution in [2.75, 3.05) is 13.7 Å². The smallest absolute Gasteiger partial charge is 0.265 e. The molecular formula is C25H25N3O5S2. The average molecular weight is 512 g/mol. The van der Waals surface area contributed by atoms with E-state index in [1.165, 1.54) is 24.3 Å². The number of benzene rings is 3. The molecule has 0 fully saturated rings. The molecule has 0 aliphatic heterocycles. The molecule has 3 N–H and O–H groups in total. The SMILES string of the molecule is C=S(N)(=O)c1ccccc1S(=O)(=O)NC(=O)c1ccc2c(c1)cc(-c1ccccc1)n2CCOC. The second kappa shape index (κ2) is 9.67. The zero-order valence-electron chi connectivity index (χ0n) is 19.0. The highest BCUT2D eigenvalue weighted by Crippen LogP contribution is 2.29. The van der Waals surface area contributed by atoms with E-state index in [0.29, 0.717) is 13.2 Å². The summed E-state index contributed by atoms with van der Waals surface area (Å²) in [7, 11) is -6.05. The standard InChI is InChI=1S/C25H25N3O5S2/c1-33-15-14-28-21-13-12-19(16-20(21)17-22(28)18-8-4-3-5-9-18)25(29)27-35(31,32)24-11-7-6-10-23(24)34(2,26)30/h3-13,16-17H,2,14-15H2,1H3,(H2,26,30)(H,27,29). The van der Waals surface area contributed by atoms with Gasteiger partial charge in [0.1, 0.15) is 4.90 Å². The zero-order valence-corrected chi connectivity index (χ0v) is 20.6. The van der Waals surface area contributed by atoms with Gasteiger partial charge in [0.2, 0.25) is 0 Å². The van der Waals surface area contributed by atoms with Crippen molar-refractivity contribution in [1.82, 2.24) is 9.29 Å². The zero-order chi connectivity index (χ0) is 25.2. The molecule has 0 radical (unpaired) electrons. The third-order valence-electron chi connectivity index (χ3n) is 5.49. The van der Waals surface area contributed by atoms with Crippen LogP contribution in [0.15, 0.2) is 88.7 Å². The number of ether oxygens (including phenoxy) is 1. The van der Waals surface area contributed by atoms with Gasteiger partial charge in [0.05, 0.1) is 21.2 Å². The lowest BCUT2D eigenvalue weighted by atomic mass is 10.1. The van der Waals surface area contributed by atoms with E-state index in [9.17, 15) is 17.4 Å². The molecule has 4 rings (SSSR count). The number of amides is 1. The van der Waals surface area contributed by atoms with Crippen molar-refractivity contribution in [2.24, 2.45) is 5.14 Å². The van der Waals surface area contributed by atoms with Crippen LogP contribution in [-0.4, -0.2) is 42.7 Å². The number of nitrogens with one attached hydrogen (secondary N) is 1. The second-order valence-electron chi connectivity index (χ2n) is 7.92. The van der Waals surface area contributed by atoms with Crippen molar-refractivity contribution >= 4 is 42.4 Å². The van der Waals surface area contributed by atoms with Gasteiger partial charge >= 0.3 is 0 Å². The van der Waals surface area contributed by atoms with Crippen LogP contribution in [0.2, 0.25) is 0 Å². The Morgan fingerprint density at radius 2 is 1.63 bits per heavy atom. The molecule has 182 valence electrons. The fourth-order valence-electron chi connectivity index (χ4n) is 3.88. The molecule has 1 amide bonds. The Hall–Kier alpha value is -3.44. The van der Waals surface area contributed by atoms with Gasteiger partial charge in [0.15, 0.2) is 0 Å². The molecule has 4 aromatic rings. The number of rotatable bonds is 8. The van der Waals surface area contributed by atoms with Gasteiger partial charge in [-0.2, -0.15) is 0 Å². The highest BCUT2D eigenvalue weighted by molar-refractivity contribution is 7.99. The van der Waals surface area contributed by atoms with Gasteiger partial charge in [0.25, 0.3) is 15.9 Å². The quantitative estimate of drug-likeness (QED) is 0.352. The van der Waals surface area contributed by atoms with Crippen LogP contribution in [-0.2, 0) is 31.0 Å². The largest absolute Gasteiger partial charge is 0.383 e. The lowest BCUT2D eigenvalue weighted by Crippen LogP contribution is -2.32. The van der Waals surface area contributed by atoms with E-state index in [1.807, 2.05) is 36.4 Å². The lowest BCUT2D eigenvalue weighted by Gasteiger charge is -2.12. The van der Waals surface area contributed by atoms with E-state index in [4.69, 9.17) is 9.88 Å². The average Bonchev–Trinajstić information content (AvgIpc) is 3.20. The third-order valence-corrected chi connectivity index (χ3v) is 8.11.